The van der Waals surface area contributed by atoms with Crippen LogP contribution >= 0.6 is 0 Å². The zero-order valence-corrected chi connectivity index (χ0v) is 12.5. The lowest BCUT2D eigenvalue weighted by molar-refractivity contribution is -0.119. The van der Waals surface area contributed by atoms with Crippen LogP contribution < -0.4 is 15.8 Å². The fourth-order valence-corrected chi connectivity index (χ4v) is 2.13. The van der Waals surface area contributed by atoms with Gasteiger partial charge in [0.15, 0.2) is 0 Å². The van der Waals surface area contributed by atoms with Crippen LogP contribution in [0.2, 0.25) is 0 Å². The van der Waals surface area contributed by atoms with Crippen molar-refractivity contribution in [1.82, 2.24) is 0 Å². The van der Waals surface area contributed by atoms with Gasteiger partial charge in [0.25, 0.3) is 0 Å². The number of rotatable bonds is 6. The molecule has 1 aliphatic rings. The van der Waals surface area contributed by atoms with Gasteiger partial charge in [-0.2, -0.15) is 0 Å². The lowest BCUT2D eigenvalue weighted by Crippen LogP contribution is -2.26. The molecule has 116 valence electrons. The maximum atomic E-state index is 11.7. The summed E-state index contributed by atoms with van der Waals surface area (Å²) in [5.74, 6) is 1.15. The molecule has 3 N–H and O–H groups in total. The van der Waals surface area contributed by atoms with E-state index < -0.39 is 0 Å². The Morgan fingerprint density at radius 2 is 2.05 bits per heavy atom. The van der Waals surface area contributed by atoms with Gasteiger partial charge in [-0.3, -0.25) is 4.79 Å². The summed E-state index contributed by atoms with van der Waals surface area (Å²) >= 11 is 0. The van der Waals surface area contributed by atoms with Crippen molar-refractivity contribution in [2.45, 2.75) is 19.8 Å². The summed E-state index contributed by atoms with van der Waals surface area (Å²) in [6.45, 7) is 4.54. The first-order chi connectivity index (χ1) is 10.2. The van der Waals surface area contributed by atoms with Crippen molar-refractivity contribution < 1.29 is 14.3 Å². The number of hydrogen-bond donors (Lipinski definition) is 2. The Kier molecular flexibility index (Phi) is 6.02. The number of ether oxygens (including phenoxy) is 2. The van der Waals surface area contributed by atoms with Gasteiger partial charge < -0.3 is 20.5 Å². The van der Waals surface area contributed by atoms with Gasteiger partial charge in [0.1, 0.15) is 5.75 Å². The summed E-state index contributed by atoms with van der Waals surface area (Å²) in [4.78, 5) is 11.7. The highest BCUT2D eigenvalue weighted by molar-refractivity contribution is 5.92. The maximum Gasteiger partial charge on any atom is 0.228 e. The largest absolute Gasteiger partial charge is 0.493 e. The van der Waals surface area contributed by atoms with E-state index in [1.54, 1.807) is 6.92 Å². The first-order valence-electron chi connectivity index (χ1n) is 7.50. The quantitative estimate of drug-likeness (QED) is 0.841. The van der Waals surface area contributed by atoms with E-state index in [1.165, 1.54) is 0 Å². The summed E-state index contributed by atoms with van der Waals surface area (Å²) in [5.41, 5.74) is 6.23. The van der Waals surface area contributed by atoms with E-state index in [0.717, 1.165) is 44.1 Å². The molecule has 1 amide bonds. The van der Waals surface area contributed by atoms with Gasteiger partial charge in [0, 0.05) is 31.4 Å². The Morgan fingerprint density at radius 3 is 2.67 bits per heavy atom. The zero-order valence-electron chi connectivity index (χ0n) is 12.5. The van der Waals surface area contributed by atoms with Crippen LogP contribution in [0, 0.1) is 11.8 Å². The van der Waals surface area contributed by atoms with E-state index in [2.05, 4.69) is 5.32 Å². The Bertz CT molecular complexity index is 441. The molecule has 1 atom stereocenters. The monoisotopic (exact) mass is 292 g/mol. The molecule has 0 spiro atoms. The maximum absolute atomic E-state index is 11.7. The van der Waals surface area contributed by atoms with Gasteiger partial charge in [-0.05, 0) is 43.0 Å². The normalized spacial score (nSPS) is 17.2. The molecule has 0 radical (unpaired) electrons. The SMILES string of the molecule is CC(CN)C(=O)Nc1ccc(OCC2CCOCC2)cc1. The highest BCUT2D eigenvalue weighted by atomic mass is 16.5. The average molecular weight is 292 g/mol. The van der Waals surface area contributed by atoms with Gasteiger partial charge in [-0.15, -0.1) is 0 Å². The van der Waals surface area contributed by atoms with Crippen LogP contribution in [0.5, 0.6) is 5.75 Å². The minimum absolute atomic E-state index is 0.0617. The third-order valence-electron chi connectivity index (χ3n) is 3.75. The number of hydrogen-bond acceptors (Lipinski definition) is 4. The van der Waals surface area contributed by atoms with E-state index in [4.69, 9.17) is 15.2 Å². The molecule has 1 heterocycles. The summed E-state index contributed by atoms with van der Waals surface area (Å²) in [6, 6.07) is 7.45. The molecule has 1 fully saturated rings. The summed E-state index contributed by atoms with van der Waals surface area (Å²) < 4.78 is 11.1. The van der Waals surface area contributed by atoms with Crippen molar-refractivity contribution in [2.75, 3.05) is 31.7 Å². The Morgan fingerprint density at radius 1 is 1.38 bits per heavy atom. The molecule has 0 bridgehead atoms. The van der Waals surface area contributed by atoms with E-state index in [1.807, 2.05) is 24.3 Å². The van der Waals surface area contributed by atoms with Crippen LogP contribution in [0.15, 0.2) is 24.3 Å². The third kappa shape index (κ3) is 5.02. The lowest BCUT2D eigenvalue weighted by Gasteiger charge is -2.22. The molecule has 5 nitrogen and oxygen atoms in total. The fourth-order valence-electron chi connectivity index (χ4n) is 2.13. The second-order valence-electron chi connectivity index (χ2n) is 5.52. The molecule has 5 heteroatoms. The van der Waals surface area contributed by atoms with Crippen molar-refractivity contribution in [3.8, 4) is 5.75 Å². The van der Waals surface area contributed by atoms with E-state index >= 15 is 0 Å². The Labute approximate surface area is 125 Å². The second kappa shape index (κ2) is 8.00. The van der Waals surface area contributed by atoms with Gasteiger partial charge >= 0.3 is 0 Å². The molecule has 1 aliphatic heterocycles. The lowest BCUT2D eigenvalue weighted by atomic mass is 10.0. The highest BCUT2D eigenvalue weighted by Crippen LogP contribution is 2.20. The molecule has 1 aromatic rings. The number of nitrogens with two attached hydrogens (primary N) is 1. The second-order valence-corrected chi connectivity index (χ2v) is 5.52. The number of benzene rings is 1. The standard InChI is InChI=1S/C16H24N2O3/c1-12(10-17)16(19)18-14-2-4-15(5-3-14)21-11-13-6-8-20-9-7-13/h2-5,12-13H,6-11,17H2,1H3,(H,18,19). The van der Waals surface area contributed by atoms with Crippen molar-refractivity contribution in [1.29, 1.82) is 0 Å². The van der Waals surface area contributed by atoms with Crippen molar-refractivity contribution in [3.05, 3.63) is 24.3 Å². The van der Waals surface area contributed by atoms with Crippen LogP contribution in [0.1, 0.15) is 19.8 Å². The van der Waals surface area contributed by atoms with Crippen molar-refractivity contribution in [3.63, 3.8) is 0 Å². The number of carbonyl (C=O) groups excluding carboxylic acids is 1. The van der Waals surface area contributed by atoms with Gasteiger partial charge in [0.05, 0.1) is 6.61 Å². The van der Waals surface area contributed by atoms with Gasteiger partial charge in [-0.1, -0.05) is 6.92 Å². The van der Waals surface area contributed by atoms with Crippen molar-refractivity contribution in [2.24, 2.45) is 17.6 Å². The van der Waals surface area contributed by atoms with E-state index in [9.17, 15) is 4.79 Å². The molecule has 0 saturated carbocycles. The molecule has 1 saturated heterocycles. The highest BCUT2D eigenvalue weighted by Gasteiger charge is 2.14. The summed E-state index contributed by atoms with van der Waals surface area (Å²) in [5, 5.41) is 2.83. The number of anilines is 1. The van der Waals surface area contributed by atoms with Crippen LogP contribution in [0.25, 0.3) is 0 Å². The molecule has 2 rings (SSSR count). The van der Waals surface area contributed by atoms with Crippen molar-refractivity contribution >= 4 is 11.6 Å². The van der Waals surface area contributed by atoms with E-state index in [-0.39, 0.29) is 11.8 Å². The Hall–Kier alpha value is -1.59. The average Bonchev–Trinajstić information content (AvgIpc) is 2.54. The molecule has 1 unspecified atom stereocenters. The number of amides is 1. The van der Waals surface area contributed by atoms with Crippen LogP contribution in [0.3, 0.4) is 0 Å². The third-order valence-corrected chi connectivity index (χ3v) is 3.75. The smallest absolute Gasteiger partial charge is 0.228 e. The van der Waals surface area contributed by atoms with Crippen LogP contribution in [-0.2, 0) is 9.53 Å². The fraction of sp³-hybridized carbons (Fsp3) is 0.562. The predicted octanol–water partition coefficient (Wildman–Crippen LogP) is 2.03. The minimum atomic E-state index is -0.186. The molecular formula is C16H24N2O3. The van der Waals surface area contributed by atoms with E-state index in [0.29, 0.717) is 12.5 Å². The molecule has 21 heavy (non-hydrogen) atoms. The first kappa shape index (κ1) is 15.8. The molecular weight excluding hydrogens is 268 g/mol. The zero-order chi connectivity index (χ0) is 15.1. The topological polar surface area (TPSA) is 73.6 Å². The summed E-state index contributed by atoms with van der Waals surface area (Å²) in [7, 11) is 0. The predicted molar refractivity (Wildman–Crippen MR) is 82.3 cm³/mol. The van der Waals surface area contributed by atoms with Gasteiger partial charge in [0.2, 0.25) is 5.91 Å². The number of carbonyl (C=O) groups is 1. The molecule has 1 aromatic carbocycles. The summed E-state index contributed by atoms with van der Waals surface area (Å²) in [6.07, 6.45) is 2.12. The number of nitrogens with one attached hydrogen (secondary N) is 1. The van der Waals surface area contributed by atoms with Gasteiger partial charge in [-0.25, -0.2) is 0 Å². The molecule has 0 aromatic heterocycles. The minimum Gasteiger partial charge on any atom is -0.493 e. The molecule has 0 aliphatic carbocycles. The van der Waals surface area contributed by atoms with Crippen LogP contribution in [0.4, 0.5) is 5.69 Å². The first-order valence-corrected chi connectivity index (χ1v) is 7.50. The van der Waals surface area contributed by atoms with Crippen LogP contribution in [-0.4, -0.2) is 32.3 Å². The Balaban J connectivity index is 1.79.